The highest BCUT2D eigenvalue weighted by Gasteiger charge is 2.22. The molecule has 1 nitrogen and oxygen atoms in total. The second-order valence-corrected chi connectivity index (χ2v) is 8.15. The van der Waals surface area contributed by atoms with Crippen LogP contribution in [0.15, 0.2) is 36.9 Å². The lowest BCUT2D eigenvalue weighted by molar-refractivity contribution is 0.312. The molecule has 0 unspecified atom stereocenters. The average Bonchev–Trinajstić information content (AvgIpc) is 2.72. The fourth-order valence-electron chi connectivity index (χ4n) is 4.53. The van der Waals surface area contributed by atoms with E-state index in [4.69, 9.17) is 5.26 Å². The first-order valence-electron chi connectivity index (χ1n) is 10.4. The highest BCUT2D eigenvalue weighted by molar-refractivity contribution is 5.37. The number of hydrogen-bond donors (Lipinski definition) is 0. The lowest BCUT2D eigenvalue weighted by atomic mass is 9.77. The third kappa shape index (κ3) is 5.25. The molecule has 1 aromatic carbocycles. The zero-order valence-corrected chi connectivity index (χ0v) is 15.9. The summed E-state index contributed by atoms with van der Waals surface area (Å²) < 4.78 is 0. The molecule has 0 saturated heterocycles. The van der Waals surface area contributed by atoms with Gasteiger partial charge in [-0.25, -0.2) is 0 Å². The number of rotatable bonds is 4. The predicted molar refractivity (Wildman–Crippen MR) is 109 cm³/mol. The Bertz CT molecular complexity index is 666. The van der Waals surface area contributed by atoms with E-state index in [0.29, 0.717) is 5.92 Å². The Balaban J connectivity index is 1.50. The van der Waals surface area contributed by atoms with E-state index >= 15 is 0 Å². The van der Waals surface area contributed by atoms with Crippen molar-refractivity contribution in [2.24, 2.45) is 17.8 Å². The lowest BCUT2D eigenvalue weighted by Crippen LogP contribution is -2.13. The highest BCUT2D eigenvalue weighted by Crippen LogP contribution is 2.37. The Morgan fingerprint density at radius 2 is 1.58 bits per heavy atom. The van der Waals surface area contributed by atoms with Gasteiger partial charge in [0, 0.05) is 17.4 Å². The zero-order chi connectivity index (χ0) is 18.2. The van der Waals surface area contributed by atoms with Crippen molar-refractivity contribution in [2.45, 2.75) is 70.1 Å². The van der Waals surface area contributed by atoms with E-state index in [-0.39, 0.29) is 5.92 Å². The van der Waals surface area contributed by atoms with Gasteiger partial charge in [0.1, 0.15) is 0 Å². The molecular formula is C25H31N. The average molecular weight is 346 g/mol. The van der Waals surface area contributed by atoms with Gasteiger partial charge >= 0.3 is 0 Å². The number of nitriles is 1. The Kier molecular flexibility index (Phi) is 6.96. The highest BCUT2D eigenvalue weighted by atomic mass is 14.3. The number of allylic oxidation sites excluding steroid dienone is 1. The molecule has 0 aromatic heterocycles. The molecule has 2 aliphatic carbocycles. The predicted octanol–water partition coefficient (Wildman–Crippen LogP) is 6.61. The fourth-order valence-corrected chi connectivity index (χ4v) is 4.53. The molecule has 26 heavy (non-hydrogen) atoms. The Morgan fingerprint density at radius 3 is 2.19 bits per heavy atom. The molecule has 3 rings (SSSR count). The molecule has 2 saturated carbocycles. The molecule has 0 atom stereocenters. The van der Waals surface area contributed by atoms with E-state index in [2.05, 4.69) is 54.8 Å². The molecule has 136 valence electrons. The SMILES string of the molecule is C=CCC[C@H]1CC[C@H](c2ccc(C#C[C@H]3CC[C@H](C#N)CC3)cc2)CC1. The first kappa shape index (κ1) is 18.8. The molecule has 1 heteroatoms. The van der Waals surface area contributed by atoms with Crippen molar-refractivity contribution in [2.75, 3.05) is 0 Å². The summed E-state index contributed by atoms with van der Waals surface area (Å²) in [6, 6.07) is 11.4. The molecule has 0 aliphatic heterocycles. The van der Waals surface area contributed by atoms with Crippen LogP contribution in [0.2, 0.25) is 0 Å². The van der Waals surface area contributed by atoms with Crippen molar-refractivity contribution >= 4 is 0 Å². The summed E-state index contributed by atoms with van der Waals surface area (Å²) in [5.74, 6) is 9.19. The largest absolute Gasteiger partial charge is 0.198 e. The summed E-state index contributed by atoms with van der Waals surface area (Å²) in [6.45, 7) is 3.84. The minimum Gasteiger partial charge on any atom is -0.198 e. The number of nitrogens with zero attached hydrogens (tertiary/aromatic N) is 1. The number of benzene rings is 1. The van der Waals surface area contributed by atoms with Crippen molar-refractivity contribution in [3.63, 3.8) is 0 Å². The molecular weight excluding hydrogens is 314 g/mol. The monoisotopic (exact) mass is 345 g/mol. The molecule has 0 N–H and O–H groups in total. The third-order valence-electron chi connectivity index (χ3n) is 6.34. The number of hydrogen-bond acceptors (Lipinski definition) is 1. The maximum absolute atomic E-state index is 8.98. The summed E-state index contributed by atoms with van der Waals surface area (Å²) in [7, 11) is 0. The van der Waals surface area contributed by atoms with Crippen LogP contribution in [0, 0.1) is 40.9 Å². The Hall–Kier alpha value is -1.99. The van der Waals surface area contributed by atoms with E-state index in [1.54, 1.807) is 0 Å². The van der Waals surface area contributed by atoms with Gasteiger partial charge in [-0.2, -0.15) is 5.26 Å². The smallest absolute Gasteiger partial charge is 0.0655 e. The van der Waals surface area contributed by atoms with Crippen LogP contribution in [-0.4, -0.2) is 0 Å². The fraction of sp³-hybridized carbons (Fsp3) is 0.560. The van der Waals surface area contributed by atoms with Gasteiger partial charge in [-0.15, -0.1) is 6.58 Å². The van der Waals surface area contributed by atoms with E-state index in [1.165, 1.54) is 44.1 Å². The van der Waals surface area contributed by atoms with E-state index < -0.39 is 0 Å². The summed E-state index contributed by atoms with van der Waals surface area (Å²) in [4.78, 5) is 0. The van der Waals surface area contributed by atoms with E-state index in [0.717, 1.165) is 43.1 Å². The zero-order valence-electron chi connectivity index (χ0n) is 15.9. The molecule has 0 bridgehead atoms. The summed E-state index contributed by atoms with van der Waals surface area (Å²) in [6.07, 6.45) is 14.1. The van der Waals surface area contributed by atoms with Crippen LogP contribution < -0.4 is 0 Å². The molecule has 0 heterocycles. The molecule has 2 fully saturated rings. The van der Waals surface area contributed by atoms with Gasteiger partial charge in [-0.3, -0.25) is 0 Å². The van der Waals surface area contributed by atoms with Crippen molar-refractivity contribution in [3.05, 3.63) is 48.0 Å². The lowest BCUT2D eigenvalue weighted by Gasteiger charge is -2.28. The normalized spacial score (nSPS) is 28.4. The third-order valence-corrected chi connectivity index (χ3v) is 6.34. The van der Waals surface area contributed by atoms with E-state index in [9.17, 15) is 0 Å². The molecule has 0 amide bonds. The molecule has 1 aromatic rings. The van der Waals surface area contributed by atoms with Crippen LogP contribution in [-0.2, 0) is 0 Å². The summed E-state index contributed by atoms with van der Waals surface area (Å²) >= 11 is 0. The van der Waals surface area contributed by atoms with Gasteiger partial charge in [0.05, 0.1) is 6.07 Å². The van der Waals surface area contributed by atoms with Crippen LogP contribution >= 0.6 is 0 Å². The van der Waals surface area contributed by atoms with Crippen LogP contribution in [0.3, 0.4) is 0 Å². The van der Waals surface area contributed by atoms with Gasteiger partial charge in [0.15, 0.2) is 0 Å². The topological polar surface area (TPSA) is 23.8 Å². The van der Waals surface area contributed by atoms with Crippen molar-refractivity contribution < 1.29 is 0 Å². The Morgan fingerprint density at radius 1 is 0.923 bits per heavy atom. The standard InChI is InChI=1S/C25H31N/c1-2-3-4-20-11-15-24(16-12-20)25-17-13-22(14-18-25)6-5-21-7-9-23(19-26)10-8-21/h2,13-14,17-18,20-21,23-24H,1,3-4,7-12,15-16H2/t20-,21-,23-,24-. The Labute approximate surface area is 159 Å². The first-order valence-corrected chi connectivity index (χ1v) is 10.4. The van der Waals surface area contributed by atoms with Crippen molar-refractivity contribution in [3.8, 4) is 17.9 Å². The van der Waals surface area contributed by atoms with Gasteiger partial charge in [-0.05, 0) is 93.7 Å². The van der Waals surface area contributed by atoms with Crippen LogP contribution in [0.25, 0.3) is 0 Å². The minimum atomic E-state index is 0.263. The van der Waals surface area contributed by atoms with Gasteiger partial charge < -0.3 is 0 Å². The molecule has 0 spiro atoms. The molecule has 2 aliphatic rings. The summed E-state index contributed by atoms with van der Waals surface area (Å²) in [5, 5.41) is 8.98. The van der Waals surface area contributed by atoms with Crippen LogP contribution in [0.4, 0.5) is 0 Å². The van der Waals surface area contributed by atoms with Crippen LogP contribution in [0.1, 0.15) is 81.3 Å². The van der Waals surface area contributed by atoms with Gasteiger partial charge in [0.25, 0.3) is 0 Å². The maximum atomic E-state index is 8.98. The second-order valence-electron chi connectivity index (χ2n) is 8.15. The van der Waals surface area contributed by atoms with Gasteiger partial charge in [0.2, 0.25) is 0 Å². The maximum Gasteiger partial charge on any atom is 0.0655 e. The minimum absolute atomic E-state index is 0.263. The quantitative estimate of drug-likeness (QED) is 0.445. The van der Waals surface area contributed by atoms with Crippen LogP contribution in [0.5, 0.6) is 0 Å². The second kappa shape index (κ2) is 9.64. The van der Waals surface area contributed by atoms with Crippen molar-refractivity contribution in [1.82, 2.24) is 0 Å². The first-order chi connectivity index (χ1) is 12.8. The van der Waals surface area contributed by atoms with Crippen molar-refractivity contribution in [1.29, 1.82) is 5.26 Å². The molecule has 0 radical (unpaired) electrons. The van der Waals surface area contributed by atoms with Gasteiger partial charge in [-0.1, -0.05) is 30.0 Å². The van der Waals surface area contributed by atoms with E-state index in [1.807, 2.05) is 0 Å². The summed E-state index contributed by atoms with van der Waals surface area (Å²) in [5.41, 5.74) is 2.63.